The van der Waals surface area contributed by atoms with Crippen LogP contribution in [0.2, 0.25) is 0 Å². The number of amides is 1. The lowest BCUT2D eigenvalue weighted by atomic mass is 10.1. The van der Waals surface area contributed by atoms with Gasteiger partial charge in [0.15, 0.2) is 0 Å². The molecule has 1 amide bonds. The van der Waals surface area contributed by atoms with Gasteiger partial charge >= 0.3 is 6.18 Å². The maximum atomic E-state index is 12.7. The summed E-state index contributed by atoms with van der Waals surface area (Å²) in [7, 11) is 1.60. The molecule has 0 saturated heterocycles. The van der Waals surface area contributed by atoms with Crippen LogP contribution < -0.4 is 4.74 Å². The van der Waals surface area contributed by atoms with Gasteiger partial charge in [-0.25, -0.2) is 0 Å². The van der Waals surface area contributed by atoms with Crippen LogP contribution in [0.1, 0.15) is 27.0 Å². The number of carbonyl (C=O) groups excluding carboxylic acids is 1. The Labute approximate surface area is 166 Å². The average molecular weight is 400 g/mol. The molecule has 150 valence electrons. The van der Waals surface area contributed by atoms with Gasteiger partial charge < -0.3 is 9.64 Å². The van der Waals surface area contributed by atoms with Crippen molar-refractivity contribution < 1.29 is 22.7 Å². The summed E-state index contributed by atoms with van der Waals surface area (Å²) >= 11 is 0. The minimum Gasteiger partial charge on any atom is -0.489 e. The van der Waals surface area contributed by atoms with E-state index in [0.29, 0.717) is 23.5 Å². The Hall–Kier alpha value is -3.35. The molecule has 0 aliphatic carbocycles. The van der Waals surface area contributed by atoms with Crippen LogP contribution in [0, 0.1) is 0 Å². The summed E-state index contributed by atoms with van der Waals surface area (Å²) in [5.41, 5.74) is 1.23. The molecule has 2 aromatic carbocycles. The average Bonchev–Trinajstić information content (AvgIpc) is 2.72. The lowest BCUT2D eigenvalue weighted by Gasteiger charge is -2.18. The summed E-state index contributed by atoms with van der Waals surface area (Å²) in [6.45, 7) is 0.518. The number of hydrogen-bond acceptors (Lipinski definition) is 3. The summed E-state index contributed by atoms with van der Waals surface area (Å²) < 4.78 is 43.7. The van der Waals surface area contributed by atoms with Crippen molar-refractivity contribution in [2.45, 2.75) is 19.3 Å². The van der Waals surface area contributed by atoms with E-state index < -0.39 is 11.7 Å². The number of hydrogen-bond donors (Lipinski definition) is 0. The highest BCUT2D eigenvalue weighted by Gasteiger charge is 2.30. The summed E-state index contributed by atoms with van der Waals surface area (Å²) in [6.07, 6.45) is -1.00. The zero-order valence-corrected chi connectivity index (χ0v) is 15.7. The summed E-state index contributed by atoms with van der Waals surface area (Å²) in [5.74, 6) is 0.291. The Morgan fingerprint density at radius 3 is 2.45 bits per heavy atom. The molecule has 0 radical (unpaired) electrons. The number of rotatable bonds is 6. The molecule has 4 nitrogen and oxygen atoms in total. The van der Waals surface area contributed by atoms with Crippen LogP contribution in [0.15, 0.2) is 73.1 Å². The summed E-state index contributed by atoms with van der Waals surface area (Å²) in [6, 6.07) is 15.3. The van der Waals surface area contributed by atoms with Crippen LogP contribution in [0.5, 0.6) is 5.75 Å². The second-order valence-corrected chi connectivity index (χ2v) is 6.53. The van der Waals surface area contributed by atoms with Crippen molar-refractivity contribution in [2.75, 3.05) is 7.05 Å². The molecule has 0 bridgehead atoms. The largest absolute Gasteiger partial charge is 0.489 e. The van der Waals surface area contributed by atoms with Crippen LogP contribution in [-0.2, 0) is 19.3 Å². The minimum atomic E-state index is -4.38. The highest BCUT2D eigenvalue weighted by Crippen LogP contribution is 2.29. The molecule has 29 heavy (non-hydrogen) atoms. The first-order valence-corrected chi connectivity index (χ1v) is 8.86. The van der Waals surface area contributed by atoms with E-state index in [4.69, 9.17) is 4.74 Å². The molecule has 1 aromatic heterocycles. The van der Waals surface area contributed by atoms with Gasteiger partial charge in [0.05, 0.1) is 5.56 Å². The molecule has 0 aliphatic heterocycles. The highest BCUT2D eigenvalue weighted by molar-refractivity contribution is 5.94. The van der Waals surface area contributed by atoms with Crippen molar-refractivity contribution >= 4 is 5.91 Å². The third-order valence-corrected chi connectivity index (χ3v) is 4.26. The fourth-order valence-electron chi connectivity index (χ4n) is 2.73. The maximum absolute atomic E-state index is 12.7. The number of alkyl halides is 3. The molecular formula is C22H19F3N2O2. The number of halogens is 3. The fraction of sp³-hybridized carbons (Fsp3) is 0.182. The van der Waals surface area contributed by atoms with Crippen molar-refractivity contribution in [2.24, 2.45) is 0 Å². The second-order valence-electron chi connectivity index (χ2n) is 6.53. The molecule has 1 heterocycles. The van der Waals surface area contributed by atoms with Crippen molar-refractivity contribution in [3.05, 3.63) is 95.3 Å². The van der Waals surface area contributed by atoms with Gasteiger partial charge in [-0.15, -0.1) is 0 Å². The number of nitrogens with zero attached hydrogens (tertiary/aromatic N) is 2. The Kier molecular flexibility index (Phi) is 6.16. The van der Waals surface area contributed by atoms with Gasteiger partial charge in [-0.05, 0) is 42.0 Å². The van der Waals surface area contributed by atoms with Crippen LogP contribution >= 0.6 is 0 Å². The van der Waals surface area contributed by atoms with Gasteiger partial charge in [0, 0.05) is 37.1 Å². The smallest absolute Gasteiger partial charge is 0.416 e. The number of carbonyl (C=O) groups is 1. The molecule has 3 rings (SSSR count). The third kappa shape index (κ3) is 5.57. The van der Waals surface area contributed by atoms with Gasteiger partial charge in [0.25, 0.3) is 5.91 Å². The first kappa shape index (κ1) is 20.4. The lowest BCUT2D eigenvalue weighted by Crippen LogP contribution is -2.26. The Morgan fingerprint density at radius 1 is 1.03 bits per heavy atom. The molecule has 0 fully saturated rings. The lowest BCUT2D eigenvalue weighted by molar-refractivity contribution is -0.137. The molecule has 3 aromatic rings. The van der Waals surface area contributed by atoms with E-state index in [1.807, 2.05) is 12.1 Å². The first-order chi connectivity index (χ1) is 13.8. The number of benzene rings is 2. The van der Waals surface area contributed by atoms with E-state index in [0.717, 1.165) is 17.7 Å². The maximum Gasteiger partial charge on any atom is 0.416 e. The fourth-order valence-corrected chi connectivity index (χ4v) is 2.73. The molecule has 0 aliphatic rings. The summed E-state index contributed by atoms with van der Waals surface area (Å²) in [5, 5.41) is 0. The van der Waals surface area contributed by atoms with E-state index in [1.54, 1.807) is 43.7 Å². The van der Waals surface area contributed by atoms with Gasteiger partial charge in [-0.3, -0.25) is 9.78 Å². The van der Waals surface area contributed by atoms with Gasteiger partial charge in [0.2, 0.25) is 0 Å². The Bertz CT molecular complexity index is 958. The van der Waals surface area contributed by atoms with Crippen LogP contribution in [-0.4, -0.2) is 22.8 Å². The van der Waals surface area contributed by atoms with Gasteiger partial charge in [-0.1, -0.05) is 24.3 Å². The quantitative estimate of drug-likeness (QED) is 0.588. The molecule has 7 heteroatoms. The van der Waals surface area contributed by atoms with Crippen LogP contribution in [0.25, 0.3) is 0 Å². The number of aromatic nitrogens is 1. The van der Waals surface area contributed by atoms with E-state index >= 15 is 0 Å². The third-order valence-electron chi connectivity index (χ3n) is 4.26. The monoisotopic (exact) mass is 400 g/mol. The number of pyridine rings is 1. The van der Waals surface area contributed by atoms with Gasteiger partial charge in [-0.2, -0.15) is 13.2 Å². The Morgan fingerprint density at radius 2 is 1.79 bits per heavy atom. The van der Waals surface area contributed by atoms with E-state index in [9.17, 15) is 18.0 Å². The predicted molar refractivity (Wildman–Crippen MR) is 102 cm³/mol. The summed E-state index contributed by atoms with van der Waals surface area (Å²) in [4.78, 5) is 18.2. The topological polar surface area (TPSA) is 42.4 Å². The zero-order valence-electron chi connectivity index (χ0n) is 15.7. The van der Waals surface area contributed by atoms with Crippen molar-refractivity contribution in [3.8, 4) is 5.75 Å². The molecular weight excluding hydrogens is 381 g/mol. The van der Waals surface area contributed by atoms with Crippen LogP contribution in [0.3, 0.4) is 0 Å². The first-order valence-electron chi connectivity index (χ1n) is 8.86. The standard InChI is InChI=1S/C22H19F3N2O2/c1-27(14-16-7-9-19(10-8-16)22(23,24)25)21(28)18-5-2-6-20(12-18)29-15-17-4-3-11-26-13-17/h2-13H,14-15H2,1H3. The van der Waals surface area contributed by atoms with Gasteiger partial charge in [0.1, 0.15) is 12.4 Å². The van der Waals surface area contributed by atoms with Crippen molar-refractivity contribution in [3.63, 3.8) is 0 Å². The van der Waals surface area contributed by atoms with Crippen molar-refractivity contribution in [1.29, 1.82) is 0 Å². The van der Waals surface area contributed by atoms with E-state index in [1.165, 1.54) is 17.0 Å². The normalized spacial score (nSPS) is 11.2. The molecule has 0 unspecified atom stereocenters. The van der Waals surface area contributed by atoms with Crippen molar-refractivity contribution in [1.82, 2.24) is 9.88 Å². The minimum absolute atomic E-state index is 0.192. The second kappa shape index (κ2) is 8.77. The zero-order chi connectivity index (χ0) is 20.9. The van der Waals surface area contributed by atoms with E-state index in [-0.39, 0.29) is 12.5 Å². The van der Waals surface area contributed by atoms with Crippen LogP contribution in [0.4, 0.5) is 13.2 Å². The Balaban J connectivity index is 1.63. The molecule has 0 spiro atoms. The molecule has 0 saturated carbocycles. The highest BCUT2D eigenvalue weighted by atomic mass is 19.4. The predicted octanol–water partition coefficient (Wildman–Crippen LogP) is 4.95. The molecule has 0 N–H and O–H groups in total. The number of ether oxygens (including phenoxy) is 1. The van der Waals surface area contributed by atoms with E-state index in [2.05, 4.69) is 4.98 Å². The SMILES string of the molecule is CN(Cc1ccc(C(F)(F)F)cc1)C(=O)c1cccc(OCc2cccnc2)c1. The molecule has 0 atom stereocenters.